The molecular formula is C25H21N3O4S. The Bertz CT molecular complexity index is 1370. The van der Waals surface area contributed by atoms with E-state index in [2.05, 4.69) is 15.6 Å². The van der Waals surface area contributed by atoms with Crippen LogP contribution in [0.2, 0.25) is 0 Å². The van der Waals surface area contributed by atoms with Gasteiger partial charge in [0.2, 0.25) is 0 Å². The van der Waals surface area contributed by atoms with E-state index in [1.807, 2.05) is 66.9 Å². The molecule has 0 spiro atoms. The van der Waals surface area contributed by atoms with Crippen molar-refractivity contribution in [1.29, 1.82) is 0 Å². The first-order valence-electron chi connectivity index (χ1n) is 10.4. The maximum absolute atomic E-state index is 12.3. The van der Waals surface area contributed by atoms with Crippen molar-refractivity contribution < 1.29 is 19.1 Å². The number of amides is 3. The topological polar surface area (TPSA) is 89.5 Å². The number of pyridine rings is 1. The van der Waals surface area contributed by atoms with Crippen LogP contribution >= 0.6 is 11.3 Å². The number of ether oxygens (including phenoxy) is 2. The van der Waals surface area contributed by atoms with Crippen molar-refractivity contribution >= 4 is 34.2 Å². The highest BCUT2D eigenvalue weighted by atomic mass is 32.1. The maximum Gasteiger partial charge on any atom is 0.322 e. The third-order valence-corrected chi connectivity index (χ3v) is 6.62. The summed E-state index contributed by atoms with van der Waals surface area (Å²) in [5.74, 6) is 1.43. The zero-order chi connectivity index (χ0) is 23.0. The summed E-state index contributed by atoms with van der Waals surface area (Å²) in [5.41, 5.74) is 1.82. The molecular weight excluding hydrogens is 438 g/mol. The predicted molar refractivity (Wildman–Crippen MR) is 126 cm³/mol. The third-order valence-electron chi connectivity index (χ3n) is 5.50. The number of nitrogens with one attached hydrogen (secondary N) is 2. The molecule has 1 atom stereocenters. The number of aryl methyl sites for hydroxylation is 1. The molecule has 0 saturated carbocycles. The smallest absolute Gasteiger partial charge is 0.322 e. The molecule has 0 radical (unpaired) electrons. The number of hydrogen-bond donors (Lipinski definition) is 2. The Morgan fingerprint density at radius 3 is 2.55 bits per heavy atom. The Morgan fingerprint density at radius 1 is 1.03 bits per heavy atom. The summed E-state index contributed by atoms with van der Waals surface area (Å²) in [6.07, 6.45) is 0. The molecule has 0 aliphatic carbocycles. The highest BCUT2D eigenvalue weighted by molar-refractivity contribution is 7.10. The lowest BCUT2D eigenvalue weighted by Crippen LogP contribution is -2.39. The third kappa shape index (κ3) is 4.01. The monoisotopic (exact) mass is 459 g/mol. The molecule has 33 heavy (non-hydrogen) atoms. The van der Waals surface area contributed by atoms with Gasteiger partial charge in [-0.05, 0) is 61.7 Å². The number of fused-ring (bicyclic) bond motifs is 1. The number of thiophene rings is 1. The van der Waals surface area contributed by atoms with Crippen LogP contribution in [0.3, 0.4) is 0 Å². The molecule has 2 aromatic heterocycles. The van der Waals surface area contributed by atoms with Crippen molar-refractivity contribution in [3.8, 4) is 17.2 Å². The predicted octanol–water partition coefficient (Wildman–Crippen LogP) is 5.03. The molecule has 166 valence electrons. The molecule has 3 heterocycles. The standard InChI is InChI=1S/C25H21N3O4S/c1-15-13-16(19-5-3-4-6-20(19)26-15)14-31-17-7-9-18(10-8-17)32-21-11-12-33-22(21)25(2)23(29)27-24(30)28-25/h3-13H,14H2,1-2H3,(H2,27,28,29,30). The number of hydrogen-bond acceptors (Lipinski definition) is 6. The first-order valence-corrected chi connectivity index (χ1v) is 11.3. The van der Waals surface area contributed by atoms with Crippen molar-refractivity contribution in [3.63, 3.8) is 0 Å². The molecule has 2 aromatic carbocycles. The van der Waals surface area contributed by atoms with Gasteiger partial charge >= 0.3 is 6.03 Å². The molecule has 7 nitrogen and oxygen atoms in total. The number of benzene rings is 2. The summed E-state index contributed by atoms with van der Waals surface area (Å²) in [6, 6.07) is 18.6. The average molecular weight is 460 g/mol. The summed E-state index contributed by atoms with van der Waals surface area (Å²) >= 11 is 1.35. The quantitative estimate of drug-likeness (QED) is 0.395. The van der Waals surface area contributed by atoms with Crippen LogP contribution in [-0.4, -0.2) is 16.9 Å². The number of aromatic nitrogens is 1. The van der Waals surface area contributed by atoms with Gasteiger partial charge in [-0.25, -0.2) is 4.79 Å². The van der Waals surface area contributed by atoms with Crippen molar-refractivity contribution in [1.82, 2.24) is 15.6 Å². The van der Waals surface area contributed by atoms with Crippen molar-refractivity contribution in [2.45, 2.75) is 26.0 Å². The molecule has 1 aliphatic rings. The molecule has 5 rings (SSSR count). The summed E-state index contributed by atoms with van der Waals surface area (Å²) in [6.45, 7) is 4.06. The molecule has 3 amide bonds. The van der Waals surface area contributed by atoms with Crippen molar-refractivity contribution in [2.75, 3.05) is 0 Å². The van der Waals surface area contributed by atoms with E-state index in [0.717, 1.165) is 22.2 Å². The Labute approximate surface area is 194 Å². The fourth-order valence-electron chi connectivity index (χ4n) is 3.85. The lowest BCUT2D eigenvalue weighted by molar-refractivity contribution is -0.123. The van der Waals surface area contributed by atoms with Gasteiger partial charge in [0.1, 0.15) is 23.9 Å². The molecule has 1 aliphatic heterocycles. The van der Waals surface area contributed by atoms with E-state index in [1.54, 1.807) is 13.0 Å². The van der Waals surface area contributed by atoms with Gasteiger partial charge in [0.05, 0.1) is 10.4 Å². The van der Waals surface area contributed by atoms with Crippen LogP contribution in [0.25, 0.3) is 10.9 Å². The fraction of sp³-hybridized carbons (Fsp3) is 0.160. The van der Waals surface area contributed by atoms with Crippen LogP contribution in [0, 0.1) is 6.92 Å². The molecule has 8 heteroatoms. The molecule has 4 aromatic rings. The van der Waals surface area contributed by atoms with E-state index in [4.69, 9.17) is 9.47 Å². The summed E-state index contributed by atoms with van der Waals surface area (Å²) < 4.78 is 12.0. The van der Waals surface area contributed by atoms with Gasteiger partial charge in [-0.2, -0.15) is 0 Å². The van der Waals surface area contributed by atoms with E-state index < -0.39 is 17.5 Å². The second-order valence-electron chi connectivity index (χ2n) is 7.95. The van der Waals surface area contributed by atoms with Crippen LogP contribution in [0.4, 0.5) is 4.79 Å². The maximum atomic E-state index is 12.3. The Kier molecular flexibility index (Phi) is 5.22. The van der Waals surface area contributed by atoms with Gasteiger partial charge in [0, 0.05) is 16.6 Å². The number of imide groups is 1. The van der Waals surface area contributed by atoms with Crippen LogP contribution < -0.4 is 20.1 Å². The average Bonchev–Trinajstić information content (AvgIpc) is 3.36. The lowest BCUT2D eigenvalue weighted by Gasteiger charge is -2.20. The minimum absolute atomic E-state index is 0.401. The van der Waals surface area contributed by atoms with E-state index in [1.165, 1.54) is 11.3 Å². The molecule has 1 saturated heterocycles. The zero-order valence-corrected chi connectivity index (χ0v) is 18.9. The SMILES string of the molecule is Cc1cc(COc2ccc(Oc3ccsc3C3(C)NC(=O)NC3=O)cc2)c2ccccc2n1. The van der Waals surface area contributed by atoms with E-state index >= 15 is 0 Å². The first-order chi connectivity index (χ1) is 15.9. The Morgan fingerprint density at radius 2 is 1.79 bits per heavy atom. The van der Waals surface area contributed by atoms with Crippen molar-refractivity contribution in [3.05, 3.63) is 82.2 Å². The summed E-state index contributed by atoms with van der Waals surface area (Å²) in [4.78, 5) is 29.1. The molecule has 1 fully saturated rings. The Hall–Kier alpha value is -3.91. The van der Waals surface area contributed by atoms with Crippen molar-refractivity contribution in [2.24, 2.45) is 0 Å². The summed E-state index contributed by atoms with van der Waals surface area (Å²) in [5, 5.41) is 7.85. The number of carbonyl (C=O) groups is 2. The van der Waals surface area contributed by atoms with Gasteiger partial charge in [0.15, 0.2) is 5.54 Å². The number of nitrogens with zero attached hydrogens (tertiary/aromatic N) is 1. The van der Waals surface area contributed by atoms with Crippen LogP contribution in [0.1, 0.15) is 23.1 Å². The van der Waals surface area contributed by atoms with Crippen LogP contribution in [-0.2, 0) is 16.9 Å². The highest BCUT2D eigenvalue weighted by Gasteiger charge is 2.46. The van der Waals surface area contributed by atoms with Gasteiger partial charge in [-0.15, -0.1) is 11.3 Å². The Balaban J connectivity index is 1.30. The normalized spacial score (nSPS) is 17.6. The highest BCUT2D eigenvalue weighted by Crippen LogP contribution is 2.39. The number of rotatable bonds is 6. The van der Waals surface area contributed by atoms with Gasteiger partial charge < -0.3 is 14.8 Å². The number of urea groups is 1. The number of para-hydroxylation sites is 1. The zero-order valence-electron chi connectivity index (χ0n) is 18.0. The van der Waals surface area contributed by atoms with Crippen LogP contribution in [0.15, 0.2) is 66.0 Å². The van der Waals surface area contributed by atoms with E-state index in [-0.39, 0.29) is 0 Å². The minimum Gasteiger partial charge on any atom is -0.489 e. The second-order valence-corrected chi connectivity index (χ2v) is 8.87. The lowest BCUT2D eigenvalue weighted by atomic mass is 10.0. The largest absolute Gasteiger partial charge is 0.489 e. The minimum atomic E-state index is -1.16. The molecule has 2 N–H and O–H groups in total. The van der Waals surface area contributed by atoms with E-state index in [9.17, 15) is 9.59 Å². The van der Waals surface area contributed by atoms with E-state index in [0.29, 0.717) is 28.7 Å². The van der Waals surface area contributed by atoms with Gasteiger partial charge in [-0.3, -0.25) is 15.1 Å². The first kappa shape index (κ1) is 21.0. The molecule has 0 bridgehead atoms. The number of carbonyl (C=O) groups excluding carboxylic acids is 2. The van der Waals surface area contributed by atoms with Crippen LogP contribution in [0.5, 0.6) is 17.2 Å². The second kappa shape index (κ2) is 8.22. The van der Waals surface area contributed by atoms with Gasteiger partial charge in [0.25, 0.3) is 5.91 Å². The molecule has 1 unspecified atom stereocenters. The van der Waals surface area contributed by atoms with Gasteiger partial charge in [-0.1, -0.05) is 18.2 Å². The fourth-order valence-corrected chi connectivity index (χ4v) is 4.78. The summed E-state index contributed by atoms with van der Waals surface area (Å²) in [7, 11) is 0.